The van der Waals surface area contributed by atoms with E-state index in [1.165, 1.54) is 0 Å². The Morgan fingerprint density at radius 2 is 2.09 bits per heavy atom. The van der Waals surface area contributed by atoms with E-state index in [-0.39, 0.29) is 11.6 Å². The Morgan fingerprint density at radius 3 is 2.85 bits per heavy atom. The van der Waals surface area contributed by atoms with Crippen LogP contribution in [-0.4, -0.2) is 34.7 Å². The molecule has 0 aliphatic carbocycles. The molecule has 33 heavy (non-hydrogen) atoms. The van der Waals surface area contributed by atoms with Gasteiger partial charge in [-0.3, -0.25) is 15.0 Å². The zero-order valence-electron chi connectivity index (χ0n) is 17.0. The highest BCUT2D eigenvalue weighted by Gasteiger charge is 2.08. The quantitative estimate of drug-likeness (QED) is 0.316. The first-order valence-electron chi connectivity index (χ1n) is 9.89. The smallest absolute Gasteiger partial charge is 0.326 e. The Bertz CT molecular complexity index is 1620. The predicted octanol–water partition coefficient (Wildman–Crippen LogP) is 1.89. The molecule has 0 unspecified atom stereocenters. The molecule has 0 saturated heterocycles. The van der Waals surface area contributed by atoms with Crippen molar-refractivity contribution in [1.29, 1.82) is 0 Å². The SMILES string of the molecule is O=c1[nH]c(O)c(/C=c2/cnn3c(=NCc4cccnc4)cc(Nc4cccc(Cl)c4)nc23)[nH]1. The molecular formula is C22H17ClN8O2. The second kappa shape index (κ2) is 8.60. The third-order valence-corrected chi connectivity index (χ3v) is 4.99. The van der Waals surface area contributed by atoms with Crippen molar-refractivity contribution in [2.75, 3.05) is 5.32 Å². The number of fused-ring (bicyclic) bond motifs is 1. The van der Waals surface area contributed by atoms with Crippen LogP contribution in [0.3, 0.4) is 0 Å². The van der Waals surface area contributed by atoms with Crippen LogP contribution in [0.15, 0.2) is 70.8 Å². The number of H-pyrrole nitrogens is 2. The molecule has 0 radical (unpaired) electrons. The molecule has 0 atom stereocenters. The topological polar surface area (TPSA) is 136 Å². The summed E-state index contributed by atoms with van der Waals surface area (Å²) >= 11 is 6.11. The maximum Gasteiger partial charge on any atom is 0.326 e. The van der Waals surface area contributed by atoms with Crippen LogP contribution in [-0.2, 0) is 6.54 Å². The molecule has 0 aliphatic rings. The summed E-state index contributed by atoms with van der Waals surface area (Å²) in [4.78, 5) is 29.8. The van der Waals surface area contributed by atoms with E-state index in [2.05, 4.69) is 30.4 Å². The summed E-state index contributed by atoms with van der Waals surface area (Å²) in [6.07, 6.45) is 6.62. The van der Waals surface area contributed by atoms with Crippen molar-refractivity contribution in [3.8, 4) is 5.88 Å². The van der Waals surface area contributed by atoms with E-state index in [0.717, 1.165) is 11.3 Å². The fraction of sp³-hybridized carbons (Fsp3) is 0.0455. The first-order valence-corrected chi connectivity index (χ1v) is 10.3. The van der Waals surface area contributed by atoms with Crippen LogP contribution in [0.25, 0.3) is 11.7 Å². The summed E-state index contributed by atoms with van der Waals surface area (Å²) < 4.78 is 1.59. The van der Waals surface area contributed by atoms with Gasteiger partial charge in [0.2, 0.25) is 5.88 Å². The number of nitrogens with zero attached hydrogens (tertiary/aromatic N) is 5. The van der Waals surface area contributed by atoms with Crippen LogP contribution in [0, 0.1) is 0 Å². The minimum Gasteiger partial charge on any atom is -0.493 e. The van der Waals surface area contributed by atoms with Gasteiger partial charge in [-0.15, -0.1) is 0 Å². The van der Waals surface area contributed by atoms with Crippen molar-refractivity contribution >= 4 is 34.8 Å². The highest BCUT2D eigenvalue weighted by molar-refractivity contribution is 6.30. The lowest BCUT2D eigenvalue weighted by atomic mass is 10.3. The van der Waals surface area contributed by atoms with Gasteiger partial charge in [-0.1, -0.05) is 23.7 Å². The van der Waals surface area contributed by atoms with Crippen LogP contribution >= 0.6 is 11.6 Å². The van der Waals surface area contributed by atoms with Gasteiger partial charge in [0.15, 0.2) is 11.1 Å². The first-order chi connectivity index (χ1) is 16.0. The summed E-state index contributed by atoms with van der Waals surface area (Å²) in [6.45, 7) is 0.397. The molecule has 0 bridgehead atoms. The van der Waals surface area contributed by atoms with E-state index in [9.17, 15) is 9.90 Å². The van der Waals surface area contributed by atoms with Gasteiger partial charge in [0.25, 0.3) is 0 Å². The maximum absolute atomic E-state index is 11.5. The zero-order chi connectivity index (χ0) is 22.8. The molecule has 4 aromatic heterocycles. The number of aromatic nitrogens is 6. The Kier molecular flexibility index (Phi) is 5.33. The average Bonchev–Trinajstić information content (AvgIpc) is 3.35. The minimum absolute atomic E-state index is 0.221. The molecule has 0 aliphatic heterocycles. The molecule has 0 amide bonds. The van der Waals surface area contributed by atoms with Gasteiger partial charge in [0.1, 0.15) is 11.5 Å². The minimum atomic E-state index is -0.515. The Hall–Kier alpha value is -4.44. The molecule has 0 saturated carbocycles. The van der Waals surface area contributed by atoms with Crippen molar-refractivity contribution in [3.63, 3.8) is 0 Å². The van der Waals surface area contributed by atoms with Crippen LogP contribution < -0.4 is 21.7 Å². The molecule has 5 rings (SSSR count). The largest absolute Gasteiger partial charge is 0.493 e. The zero-order valence-corrected chi connectivity index (χ0v) is 17.8. The maximum atomic E-state index is 11.5. The van der Waals surface area contributed by atoms with E-state index < -0.39 is 5.69 Å². The molecular weight excluding hydrogens is 444 g/mol. The highest BCUT2D eigenvalue weighted by Crippen LogP contribution is 2.18. The van der Waals surface area contributed by atoms with Crippen LogP contribution in [0.4, 0.5) is 11.5 Å². The molecule has 0 fully saturated rings. The molecule has 0 spiro atoms. The Balaban J connectivity index is 1.66. The number of benzene rings is 1. The molecule has 1 aromatic carbocycles. The Labute approximate surface area is 191 Å². The fourth-order valence-electron chi connectivity index (χ4n) is 3.27. The average molecular weight is 461 g/mol. The molecule has 11 heteroatoms. The van der Waals surface area contributed by atoms with E-state index in [4.69, 9.17) is 16.6 Å². The lowest BCUT2D eigenvalue weighted by molar-refractivity contribution is 0.454. The normalized spacial score (nSPS) is 12.5. The molecule has 5 aromatic rings. The van der Waals surface area contributed by atoms with Gasteiger partial charge in [-0.05, 0) is 35.9 Å². The lowest BCUT2D eigenvalue weighted by Gasteiger charge is -2.07. The van der Waals surface area contributed by atoms with E-state index >= 15 is 0 Å². The number of hydrogen-bond acceptors (Lipinski definition) is 7. The third kappa shape index (κ3) is 4.46. The highest BCUT2D eigenvalue weighted by atomic mass is 35.5. The van der Waals surface area contributed by atoms with Gasteiger partial charge >= 0.3 is 5.69 Å². The molecule has 164 valence electrons. The standard InChI is InChI=1S/C22H17ClN8O2/c23-15-4-1-5-16(8-15)27-18-9-19(25-11-13-3-2-6-24-10-13)31-20(29-18)14(12-26-31)7-17-21(32)30-22(33)28-17/h1-10,12,27,32H,11H2,(H2,28,30,33)/b14-7-,25-19?. The van der Waals surface area contributed by atoms with E-state index in [0.29, 0.717) is 33.7 Å². The molecule has 10 nitrogen and oxygen atoms in total. The lowest BCUT2D eigenvalue weighted by Crippen LogP contribution is -2.19. The summed E-state index contributed by atoms with van der Waals surface area (Å²) in [5.41, 5.74) is 2.45. The van der Waals surface area contributed by atoms with E-state index in [1.807, 2.05) is 24.3 Å². The van der Waals surface area contributed by atoms with Crippen LogP contribution in [0.2, 0.25) is 5.02 Å². The van der Waals surface area contributed by atoms with Gasteiger partial charge in [0.05, 0.1) is 12.7 Å². The van der Waals surface area contributed by atoms with Crippen molar-refractivity contribution < 1.29 is 5.11 Å². The number of nitrogens with one attached hydrogen (secondary N) is 3. The number of halogens is 1. The van der Waals surface area contributed by atoms with Crippen molar-refractivity contribution in [2.45, 2.75) is 6.54 Å². The fourth-order valence-corrected chi connectivity index (χ4v) is 3.46. The van der Waals surface area contributed by atoms with Crippen LogP contribution in [0.1, 0.15) is 11.3 Å². The van der Waals surface area contributed by atoms with Gasteiger partial charge < -0.3 is 15.4 Å². The monoisotopic (exact) mass is 460 g/mol. The number of anilines is 2. The summed E-state index contributed by atoms with van der Waals surface area (Å²) in [5.74, 6) is 0.255. The van der Waals surface area contributed by atoms with E-state index in [1.54, 1.807) is 47.4 Å². The number of hydrogen-bond donors (Lipinski definition) is 4. The van der Waals surface area contributed by atoms with Crippen LogP contribution in [0.5, 0.6) is 5.88 Å². The molecule has 4 N–H and O–H groups in total. The second-order valence-corrected chi connectivity index (χ2v) is 7.57. The summed E-state index contributed by atoms with van der Waals surface area (Å²) in [6, 6.07) is 12.8. The third-order valence-electron chi connectivity index (χ3n) is 4.76. The van der Waals surface area contributed by atoms with Crippen molar-refractivity contribution in [3.05, 3.63) is 98.5 Å². The van der Waals surface area contributed by atoms with Gasteiger partial charge in [0, 0.05) is 34.4 Å². The Morgan fingerprint density at radius 1 is 1.18 bits per heavy atom. The molecule has 4 heterocycles. The number of rotatable bonds is 5. The summed E-state index contributed by atoms with van der Waals surface area (Å²) in [5, 5.41) is 18.7. The summed E-state index contributed by atoms with van der Waals surface area (Å²) in [7, 11) is 0. The van der Waals surface area contributed by atoms with Crippen molar-refractivity contribution in [1.82, 2.24) is 29.5 Å². The second-order valence-electron chi connectivity index (χ2n) is 7.13. The van der Waals surface area contributed by atoms with Crippen molar-refractivity contribution in [2.24, 2.45) is 4.99 Å². The predicted molar refractivity (Wildman–Crippen MR) is 123 cm³/mol. The van der Waals surface area contributed by atoms with Gasteiger partial charge in [-0.25, -0.2) is 9.78 Å². The number of aromatic hydroxyl groups is 1. The van der Waals surface area contributed by atoms with Gasteiger partial charge in [-0.2, -0.15) is 9.61 Å². The number of aromatic amines is 2. The first kappa shape index (κ1) is 20.5. The number of imidazole rings is 1. The number of pyridine rings is 1.